The summed E-state index contributed by atoms with van der Waals surface area (Å²) in [5.74, 6) is 0.608. The van der Waals surface area contributed by atoms with Crippen LogP contribution in [-0.4, -0.2) is 24.0 Å². The van der Waals surface area contributed by atoms with E-state index < -0.39 is 0 Å². The molecule has 1 N–H and O–H groups in total. The van der Waals surface area contributed by atoms with Gasteiger partial charge >= 0.3 is 6.03 Å². The molecular weight excluding hydrogens is 280 g/mol. The summed E-state index contributed by atoms with van der Waals surface area (Å²) in [7, 11) is 0. The van der Waals surface area contributed by atoms with Gasteiger partial charge in [0.15, 0.2) is 0 Å². The van der Waals surface area contributed by atoms with E-state index in [9.17, 15) is 4.79 Å². The van der Waals surface area contributed by atoms with Crippen molar-refractivity contribution < 1.29 is 4.79 Å². The van der Waals surface area contributed by atoms with E-state index in [2.05, 4.69) is 28.2 Å². The van der Waals surface area contributed by atoms with Crippen molar-refractivity contribution >= 4 is 27.6 Å². The molecule has 2 amide bonds. The average Bonchev–Trinajstić information content (AvgIpc) is 2.29. The van der Waals surface area contributed by atoms with Crippen LogP contribution < -0.4 is 5.32 Å². The molecule has 0 unspecified atom stereocenters. The molecule has 1 fully saturated rings. The Morgan fingerprint density at radius 2 is 2.35 bits per heavy atom. The Labute approximate surface area is 110 Å². The van der Waals surface area contributed by atoms with Gasteiger partial charge in [0.2, 0.25) is 0 Å². The molecule has 1 heterocycles. The van der Waals surface area contributed by atoms with Gasteiger partial charge in [-0.25, -0.2) is 4.79 Å². The lowest BCUT2D eigenvalue weighted by molar-refractivity contribution is 0.182. The Bertz CT molecular complexity index is 408. The summed E-state index contributed by atoms with van der Waals surface area (Å²) in [4.78, 5) is 13.9. The van der Waals surface area contributed by atoms with Crippen LogP contribution >= 0.6 is 15.9 Å². The molecule has 4 heteroatoms. The number of hydrogen-bond acceptors (Lipinski definition) is 1. The number of carbonyl (C=O) groups excluding carboxylic acids is 1. The molecule has 0 spiro atoms. The number of urea groups is 1. The topological polar surface area (TPSA) is 32.3 Å². The number of hydrogen-bond donors (Lipinski definition) is 1. The van der Waals surface area contributed by atoms with E-state index in [1.165, 1.54) is 6.42 Å². The highest BCUT2D eigenvalue weighted by Crippen LogP contribution is 2.19. The maximum Gasteiger partial charge on any atom is 0.321 e. The highest BCUT2D eigenvalue weighted by Gasteiger charge is 2.20. The van der Waals surface area contributed by atoms with Gasteiger partial charge in [0.1, 0.15) is 0 Å². The summed E-state index contributed by atoms with van der Waals surface area (Å²) in [6.45, 7) is 3.92. The first-order valence-corrected chi connectivity index (χ1v) is 6.76. The second-order valence-corrected chi connectivity index (χ2v) is 5.55. The Morgan fingerprint density at radius 1 is 1.53 bits per heavy atom. The summed E-state index contributed by atoms with van der Waals surface area (Å²) in [5, 5.41) is 2.93. The zero-order valence-corrected chi connectivity index (χ0v) is 11.5. The fourth-order valence-electron chi connectivity index (χ4n) is 2.14. The first-order chi connectivity index (χ1) is 8.15. The van der Waals surface area contributed by atoms with Gasteiger partial charge in [-0.3, -0.25) is 0 Å². The van der Waals surface area contributed by atoms with Gasteiger partial charge < -0.3 is 10.2 Å². The van der Waals surface area contributed by atoms with Crippen molar-refractivity contribution in [1.29, 1.82) is 0 Å². The summed E-state index contributed by atoms with van der Waals surface area (Å²) < 4.78 is 0.974. The summed E-state index contributed by atoms with van der Waals surface area (Å²) in [6.07, 6.45) is 2.33. The van der Waals surface area contributed by atoms with Crippen molar-refractivity contribution in [1.82, 2.24) is 4.90 Å². The second-order valence-electron chi connectivity index (χ2n) is 4.63. The summed E-state index contributed by atoms with van der Waals surface area (Å²) >= 11 is 3.39. The largest absolute Gasteiger partial charge is 0.324 e. The molecule has 1 aliphatic heterocycles. The quantitative estimate of drug-likeness (QED) is 0.842. The van der Waals surface area contributed by atoms with Crippen LogP contribution in [0.5, 0.6) is 0 Å². The van der Waals surface area contributed by atoms with Crippen LogP contribution in [0.1, 0.15) is 19.8 Å². The van der Waals surface area contributed by atoms with E-state index >= 15 is 0 Å². The lowest BCUT2D eigenvalue weighted by atomic mass is 10.0. The molecule has 0 bridgehead atoms. The van der Waals surface area contributed by atoms with E-state index in [-0.39, 0.29) is 6.03 Å². The summed E-state index contributed by atoms with van der Waals surface area (Å²) in [6, 6.07) is 7.67. The molecule has 1 aromatic rings. The van der Waals surface area contributed by atoms with Crippen LogP contribution in [0, 0.1) is 5.92 Å². The Hall–Kier alpha value is -1.03. The Morgan fingerprint density at radius 3 is 3.06 bits per heavy atom. The molecule has 2 rings (SSSR count). The predicted molar refractivity (Wildman–Crippen MR) is 73.1 cm³/mol. The smallest absolute Gasteiger partial charge is 0.321 e. The number of piperidine rings is 1. The molecule has 3 nitrogen and oxygen atoms in total. The van der Waals surface area contributed by atoms with E-state index in [1.807, 2.05) is 29.2 Å². The molecular formula is C13H17BrN2O. The molecule has 1 aliphatic rings. The van der Waals surface area contributed by atoms with Crippen LogP contribution in [0.25, 0.3) is 0 Å². The molecule has 92 valence electrons. The zero-order valence-electron chi connectivity index (χ0n) is 9.95. The second kappa shape index (κ2) is 5.54. The van der Waals surface area contributed by atoms with Gasteiger partial charge in [0.25, 0.3) is 0 Å². The standard InChI is InChI=1S/C13H17BrN2O/c1-10-4-3-7-16(9-10)13(17)15-12-6-2-5-11(14)8-12/h2,5-6,8,10H,3-4,7,9H2,1H3,(H,15,17)/t10-/m1/s1. The molecule has 0 aliphatic carbocycles. The number of anilines is 1. The third-order valence-electron chi connectivity index (χ3n) is 3.02. The van der Waals surface area contributed by atoms with E-state index in [4.69, 9.17) is 0 Å². The first-order valence-electron chi connectivity index (χ1n) is 5.96. The minimum atomic E-state index is 0.00894. The van der Waals surface area contributed by atoms with Crippen molar-refractivity contribution in [2.24, 2.45) is 5.92 Å². The number of carbonyl (C=O) groups is 1. The van der Waals surface area contributed by atoms with Gasteiger partial charge in [0.05, 0.1) is 0 Å². The zero-order chi connectivity index (χ0) is 12.3. The number of likely N-dealkylation sites (tertiary alicyclic amines) is 1. The van der Waals surface area contributed by atoms with Crippen molar-refractivity contribution in [3.05, 3.63) is 28.7 Å². The fraction of sp³-hybridized carbons (Fsp3) is 0.462. The monoisotopic (exact) mass is 296 g/mol. The third kappa shape index (κ3) is 3.46. The number of nitrogens with one attached hydrogen (secondary N) is 1. The van der Waals surface area contributed by atoms with Crippen LogP contribution in [0.4, 0.5) is 10.5 Å². The Kier molecular flexibility index (Phi) is 4.05. The Balaban J connectivity index is 1.96. The normalized spacial score (nSPS) is 20.1. The predicted octanol–water partition coefficient (Wildman–Crippen LogP) is 3.71. The van der Waals surface area contributed by atoms with Gasteiger partial charge in [-0.2, -0.15) is 0 Å². The van der Waals surface area contributed by atoms with Gasteiger partial charge in [-0.15, -0.1) is 0 Å². The maximum absolute atomic E-state index is 12.0. The highest BCUT2D eigenvalue weighted by atomic mass is 79.9. The molecule has 1 aromatic carbocycles. The van der Waals surface area contributed by atoms with Crippen LogP contribution in [0.15, 0.2) is 28.7 Å². The minimum Gasteiger partial charge on any atom is -0.324 e. The number of halogens is 1. The number of benzene rings is 1. The third-order valence-corrected chi connectivity index (χ3v) is 3.51. The van der Waals surface area contributed by atoms with Crippen LogP contribution in [0.3, 0.4) is 0 Å². The molecule has 0 saturated carbocycles. The van der Waals surface area contributed by atoms with Crippen molar-refractivity contribution in [3.63, 3.8) is 0 Å². The number of amides is 2. The molecule has 0 aromatic heterocycles. The van der Waals surface area contributed by atoms with Gasteiger partial charge in [-0.1, -0.05) is 28.9 Å². The van der Waals surface area contributed by atoms with Crippen LogP contribution in [0.2, 0.25) is 0 Å². The van der Waals surface area contributed by atoms with Crippen molar-refractivity contribution in [3.8, 4) is 0 Å². The highest BCUT2D eigenvalue weighted by molar-refractivity contribution is 9.10. The van der Waals surface area contributed by atoms with Crippen LogP contribution in [-0.2, 0) is 0 Å². The maximum atomic E-state index is 12.0. The summed E-state index contributed by atoms with van der Waals surface area (Å²) in [5.41, 5.74) is 0.836. The fourth-order valence-corrected chi connectivity index (χ4v) is 2.54. The first kappa shape index (κ1) is 12.4. The number of rotatable bonds is 1. The van der Waals surface area contributed by atoms with E-state index in [0.29, 0.717) is 5.92 Å². The molecule has 0 radical (unpaired) electrons. The molecule has 1 atom stereocenters. The molecule has 1 saturated heterocycles. The van der Waals surface area contributed by atoms with Crippen molar-refractivity contribution in [2.45, 2.75) is 19.8 Å². The SMILES string of the molecule is C[C@@H]1CCCN(C(=O)Nc2cccc(Br)c2)C1. The number of nitrogens with zero attached hydrogens (tertiary/aromatic N) is 1. The van der Waals surface area contributed by atoms with Crippen molar-refractivity contribution in [2.75, 3.05) is 18.4 Å². The van der Waals surface area contributed by atoms with Gasteiger partial charge in [-0.05, 0) is 37.0 Å². The lowest BCUT2D eigenvalue weighted by Gasteiger charge is -2.30. The average molecular weight is 297 g/mol. The lowest BCUT2D eigenvalue weighted by Crippen LogP contribution is -2.41. The molecule has 17 heavy (non-hydrogen) atoms. The minimum absolute atomic E-state index is 0.00894. The van der Waals surface area contributed by atoms with Gasteiger partial charge in [0, 0.05) is 23.2 Å². The van der Waals surface area contributed by atoms with E-state index in [1.54, 1.807) is 0 Å². The van der Waals surface area contributed by atoms with E-state index in [0.717, 1.165) is 29.7 Å².